The Hall–Kier alpha value is -2.00. The van der Waals surface area contributed by atoms with Crippen molar-refractivity contribution in [3.8, 4) is 23.0 Å². The zero-order chi connectivity index (χ0) is 24.6. The minimum Gasteiger partial charge on any atom is -0.507 e. The van der Waals surface area contributed by atoms with E-state index in [1.165, 1.54) is 0 Å². The molecule has 0 saturated carbocycles. The molecule has 0 fully saturated rings. The van der Waals surface area contributed by atoms with E-state index in [2.05, 4.69) is 63.7 Å². The van der Waals surface area contributed by atoms with E-state index in [0.717, 1.165) is 22.3 Å². The van der Waals surface area contributed by atoms with Gasteiger partial charge in [-0.25, -0.2) is 0 Å². The van der Waals surface area contributed by atoms with Crippen molar-refractivity contribution in [1.29, 1.82) is 0 Å². The Kier molecular flexibility index (Phi) is 7.62. The lowest BCUT2D eigenvalue weighted by Gasteiger charge is -2.30. The summed E-state index contributed by atoms with van der Waals surface area (Å²) in [6, 6.07) is 21.5. The van der Waals surface area contributed by atoms with Crippen LogP contribution in [0.1, 0.15) is 34.1 Å². The Morgan fingerprint density at radius 3 is 0.765 bits per heavy atom. The van der Waals surface area contributed by atoms with Crippen LogP contribution < -0.4 is 0 Å². The number of phenolic OH excluding ortho intramolecular Hbond substituents is 4. The number of halogens is 4. The predicted octanol–water partition coefficient (Wildman–Crippen LogP) is 8.52. The number of rotatable bonds is 5. The van der Waals surface area contributed by atoms with Gasteiger partial charge in [0.25, 0.3) is 0 Å². The molecule has 0 spiro atoms. The van der Waals surface area contributed by atoms with Crippen molar-refractivity contribution in [3.63, 3.8) is 0 Å². The van der Waals surface area contributed by atoms with Crippen LogP contribution in [0.2, 0.25) is 0 Å². The van der Waals surface area contributed by atoms with E-state index in [9.17, 15) is 20.4 Å². The standard InChI is InChI=1S/C26H18Br4O4/c27-17-9-13(1-5-21(17)31)25(14-2-6-22(32)18(28)10-14)26(15-3-7-23(33)19(29)11-15)16-4-8-24(34)20(30)12-16/h1-12,25-26,31-34H. The van der Waals surface area contributed by atoms with Gasteiger partial charge in [-0.1, -0.05) is 24.3 Å². The molecule has 0 radical (unpaired) electrons. The summed E-state index contributed by atoms with van der Waals surface area (Å²) in [6.07, 6.45) is 0. The average Bonchev–Trinajstić information content (AvgIpc) is 2.80. The van der Waals surface area contributed by atoms with Crippen LogP contribution in [0.25, 0.3) is 0 Å². The van der Waals surface area contributed by atoms with Gasteiger partial charge in [-0.15, -0.1) is 0 Å². The summed E-state index contributed by atoms with van der Waals surface area (Å²) in [5, 5.41) is 40.5. The molecule has 0 amide bonds. The summed E-state index contributed by atoms with van der Waals surface area (Å²) in [4.78, 5) is 0. The molecule has 0 heterocycles. The van der Waals surface area contributed by atoms with Crippen molar-refractivity contribution in [2.75, 3.05) is 0 Å². The first-order valence-electron chi connectivity index (χ1n) is 10.1. The molecule has 4 N–H and O–H groups in total. The second kappa shape index (κ2) is 10.3. The molecular weight excluding hydrogens is 696 g/mol. The number of aromatic hydroxyl groups is 4. The molecule has 0 aliphatic heterocycles. The van der Waals surface area contributed by atoms with Gasteiger partial charge in [0.05, 0.1) is 17.9 Å². The maximum absolute atomic E-state index is 10.1. The molecule has 0 aromatic heterocycles. The molecule has 0 unspecified atom stereocenters. The van der Waals surface area contributed by atoms with E-state index in [0.29, 0.717) is 17.9 Å². The molecule has 0 aliphatic rings. The first kappa shape index (κ1) is 25.1. The Bertz CT molecular complexity index is 1170. The summed E-state index contributed by atoms with van der Waals surface area (Å²) in [5.41, 5.74) is 3.67. The average molecular weight is 714 g/mol. The fraction of sp³-hybridized carbons (Fsp3) is 0.0769. The van der Waals surface area contributed by atoms with Gasteiger partial charge in [-0.3, -0.25) is 0 Å². The van der Waals surface area contributed by atoms with Gasteiger partial charge in [0.2, 0.25) is 0 Å². The van der Waals surface area contributed by atoms with Gasteiger partial charge in [0, 0.05) is 11.8 Å². The van der Waals surface area contributed by atoms with Crippen molar-refractivity contribution in [2.24, 2.45) is 0 Å². The molecular formula is C26H18Br4O4. The largest absolute Gasteiger partial charge is 0.507 e. The van der Waals surface area contributed by atoms with Crippen LogP contribution in [-0.4, -0.2) is 20.4 Å². The Morgan fingerprint density at radius 2 is 0.588 bits per heavy atom. The zero-order valence-corrected chi connectivity index (χ0v) is 23.7. The zero-order valence-electron chi connectivity index (χ0n) is 17.4. The number of hydrogen-bond donors (Lipinski definition) is 4. The van der Waals surface area contributed by atoms with Crippen molar-refractivity contribution < 1.29 is 20.4 Å². The van der Waals surface area contributed by atoms with Crippen molar-refractivity contribution >= 4 is 63.7 Å². The molecule has 4 rings (SSSR count). The van der Waals surface area contributed by atoms with Crippen LogP contribution >= 0.6 is 63.7 Å². The molecule has 4 aromatic carbocycles. The van der Waals surface area contributed by atoms with Crippen molar-refractivity contribution in [3.05, 3.63) is 113 Å². The molecule has 0 bridgehead atoms. The van der Waals surface area contributed by atoms with Gasteiger partial charge in [-0.05, 0) is 135 Å². The van der Waals surface area contributed by atoms with Gasteiger partial charge in [0.1, 0.15) is 23.0 Å². The fourth-order valence-electron chi connectivity index (χ4n) is 4.02. The Balaban J connectivity index is 2.03. The molecule has 0 atom stereocenters. The topological polar surface area (TPSA) is 80.9 Å². The van der Waals surface area contributed by atoms with Crippen LogP contribution in [0, 0.1) is 0 Å². The van der Waals surface area contributed by atoms with Crippen molar-refractivity contribution in [2.45, 2.75) is 11.8 Å². The molecule has 4 nitrogen and oxygen atoms in total. The van der Waals surface area contributed by atoms with E-state index >= 15 is 0 Å². The second-order valence-corrected chi connectivity index (χ2v) is 11.2. The molecule has 4 aromatic rings. The van der Waals surface area contributed by atoms with Crippen molar-refractivity contribution in [1.82, 2.24) is 0 Å². The summed E-state index contributed by atoms with van der Waals surface area (Å²) in [5.74, 6) is -0.00357. The van der Waals surface area contributed by atoms with E-state index in [1.807, 2.05) is 48.5 Å². The molecule has 34 heavy (non-hydrogen) atoms. The third-order valence-electron chi connectivity index (χ3n) is 5.66. The third-order valence-corrected chi connectivity index (χ3v) is 8.20. The minimum atomic E-state index is -0.262. The van der Waals surface area contributed by atoms with Gasteiger partial charge in [-0.2, -0.15) is 0 Å². The van der Waals surface area contributed by atoms with Crippen LogP contribution in [0.4, 0.5) is 0 Å². The minimum absolute atomic E-state index is 0.130. The van der Waals surface area contributed by atoms with Crippen LogP contribution in [0.15, 0.2) is 90.7 Å². The van der Waals surface area contributed by atoms with Crippen LogP contribution in [0.3, 0.4) is 0 Å². The van der Waals surface area contributed by atoms with Crippen LogP contribution in [0.5, 0.6) is 23.0 Å². The monoisotopic (exact) mass is 710 g/mol. The summed E-state index contributed by atoms with van der Waals surface area (Å²) in [6.45, 7) is 0. The molecule has 174 valence electrons. The smallest absolute Gasteiger partial charge is 0.129 e. The highest BCUT2D eigenvalue weighted by Crippen LogP contribution is 2.47. The van der Waals surface area contributed by atoms with E-state index < -0.39 is 0 Å². The van der Waals surface area contributed by atoms with Gasteiger partial charge >= 0.3 is 0 Å². The third kappa shape index (κ3) is 5.15. The number of hydrogen-bond acceptors (Lipinski definition) is 4. The quantitative estimate of drug-likeness (QED) is 0.167. The molecule has 8 heteroatoms. The first-order chi connectivity index (χ1) is 16.2. The lowest BCUT2D eigenvalue weighted by molar-refractivity contribution is 0.469. The highest BCUT2D eigenvalue weighted by atomic mass is 79.9. The van der Waals surface area contributed by atoms with Crippen LogP contribution in [-0.2, 0) is 0 Å². The van der Waals surface area contributed by atoms with E-state index in [1.54, 1.807) is 24.3 Å². The first-order valence-corrected chi connectivity index (χ1v) is 13.3. The highest BCUT2D eigenvalue weighted by Gasteiger charge is 2.30. The summed E-state index contributed by atoms with van der Waals surface area (Å²) < 4.78 is 2.24. The maximum Gasteiger partial charge on any atom is 0.129 e. The van der Waals surface area contributed by atoms with Gasteiger partial charge < -0.3 is 20.4 Å². The Morgan fingerprint density at radius 1 is 0.382 bits per heavy atom. The number of phenols is 4. The fourth-order valence-corrected chi connectivity index (χ4v) is 5.61. The maximum atomic E-state index is 10.1. The highest BCUT2D eigenvalue weighted by molar-refractivity contribution is 9.11. The van der Waals surface area contributed by atoms with E-state index in [4.69, 9.17) is 0 Å². The predicted molar refractivity (Wildman–Crippen MR) is 147 cm³/mol. The normalized spacial score (nSPS) is 11.4. The SMILES string of the molecule is Oc1ccc(C(c2ccc(O)c(Br)c2)C(c2ccc(O)c(Br)c2)c2ccc(O)c(Br)c2)cc1Br. The Labute approximate surface area is 230 Å². The number of benzene rings is 4. The summed E-state index contributed by atoms with van der Waals surface area (Å²) >= 11 is 13.7. The summed E-state index contributed by atoms with van der Waals surface area (Å²) in [7, 11) is 0. The molecule has 0 saturated heterocycles. The van der Waals surface area contributed by atoms with Gasteiger partial charge in [0.15, 0.2) is 0 Å². The lowest BCUT2D eigenvalue weighted by Crippen LogP contribution is -2.15. The molecule has 0 aliphatic carbocycles. The second-order valence-electron chi connectivity index (χ2n) is 7.80. The lowest BCUT2D eigenvalue weighted by atomic mass is 9.73. The van der Waals surface area contributed by atoms with E-state index in [-0.39, 0.29) is 34.8 Å².